The molecule has 0 saturated heterocycles. The van der Waals surface area contributed by atoms with Crippen LogP contribution in [0.5, 0.6) is 0 Å². The Labute approximate surface area is 175 Å². The van der Waals surface area contributed by atoms with Gasteiger partial charge in [0.15, 0.2) is 0 Å². The van der Waals surface area contributed by atoms with E-state index in [1.54, 1.807) is 15.9 Å². The molecule has 0 atom stereocenters. The van der Waals surface area contributed by atoms with Crippen molar-refractivity contribution in [3.63, 3.8) is 0 Å². The highest BCUT2D eigenvalue weighted by molar-refractivity contribution is 7.20. The van der Waals surface area contributed by atoms with Crippen LogP contribution in [0.2, 0.25) is 0 Å². The number of benzene rings is 1. The smallest absolute Gasteiger partial charge is 0.303 e. The first-order valence-corrected chi connectivity index (χ1v) is 11.0. The van der Waals surface area contributed by atoms with Crippen molar-refractivity contribution in [3.8, 4) is 21.8 Å². The Hall–Kier alpha value is -2.77. The molecule has 3 aromatic heterocycles. The minimum Gasteiger partial charge on any atom is -0.481 e. The first kappa shape index (κ1) is 19.5. The average molecular weight is 425 g/mol. The Balaban J connectivity index is 1.97. The van der Waals surface area contributed by atoms with Gasteiger partial charge in [-0.05, 0) is 37.8 Å². The van der Waals surface area contributed by atoms with Crippen LogP contribution in [0, 0.1) is 13.8 Å². The molecule has 0 saturated carbocycles. The second kappa shape index (κ2) is 7.93. The lowest BCUT2D eigenvalue weighted by Gasteiger charge is -2.13. The van der Waals surface area contributed by atoms with Gasteiger partial charge in [-0.3, -0.25) is 14.2 Å². The molecule has 7 heteroatoms. The predicted octanol–water partition coefficient (Wildman–Crippen LogP) is 5.34. The molecular formula is C22H20N2O3S2. The van der Waals surface area contributed by atoms with Crippen LogP contribution in [0.3, 0.4) is 0 Å². The lowest BCUT2D eigenvalue weighted by molar-refractivity contribution is -0.137. The van der Waals surface area contributed by atoms with Crippen molar-refractivity contribution in [1.82, 2.24) is 9.55 Å². The highest BCUT2D eigenvalue weighted by Crippen LogP contribution is 2.38. The van der Waals surface area contributed by atoms with Crippen LogP contribution in [0.1, 0.15) is 23.3 Å². The van der Waals surface area contributed by atoms with E-state index in [4.69, 9.17) is 10.1 Å². The van der Waals surface area contributed by atoms with E-state index in [-0.39, 0.29) is 12.0 Å². The zero-order valence-corrected chi connectivity index (χ0v) is 17.8. The van der Waals surface area contributed by atoms with Crippen LogP contribution >= 0.6 is 22.7 Å². The maximum absolute atomic E-state index is 13.6. The highest BCUT2D eigenvalue weighted by atomic mass is 32.1. The minimum absolute atomic E-state index is 0.0121. The molecule has 0 fully saturated rings. The second-order valence-corrected chi connectivity index (χ2v) is 9.10. The number of hydrogen-bond donors (Lipinski definition) is 1. The van der Waals surface area contributed by atoms with E-state index >= 15 is 0 Å². The quantitative estimate of drug-likeness (QED) is 0.454. The molecule has 0 spiro atoms. The number of hydrogen-bond acceptors (Lipinski definition) is 5. The third-order valence-electron chi connectivity index (χ3n) is 4.80. The van der Waals surface area contributed by atoms with Gasteiger partial charge in [-0.1, -0.05) is 29.8 Å². The van der Waals surface area contributed by atoms with Gasteiger partial charge in [0.1, 0.15) is 10.7 Å². The van der Waals surface area contributed by atoms with Gasteiger partial charge in [-0.25, -0.2) is 4.98 Å². The molecule has 148 valence electrons. The van der Waals surface area contributed by atoms with E-state index in [1.807, 2.05) is 55.6 Å². The van der Waals surface area contributed by atoms with Crippen molar-refractivity contribution in [2.45, 2.75) is 33.2 Å². The van der Waals surface area contributed by atoms with E-state index in [0.717, 1.165) is 31.3 Å². The van der Waals surface area contributed by atoms with Crippen molar-refractivity contribution in [2.75, 3.05) is 0 Å². The first-order valence-electron chi connectivity index (χ1n) is 9.32. The molecule has 4 rings (SSSR count). The maximum Gasteiger partial charge on any atom is 0.303 e. The fourth-order valence-corrected chi connectivity index (χ4v) is 5.44. The summed E-state index contributed by atoms with van der Waals surface area (Å²) in [5.74, 6) is -0.273. The lowest BCUT2D eigenvalue weighted by atomic mass is 10.1. The molecule has 0 aliphatic carbocycles. The summed E-state index contributed by atoms with van der Waals surface area (Å²) in [6.07, 6.45) is 0.386. The van der Waals surface area contributed by atoms with Crippen molar-refractivity contribution in [1.29, 1.82) is 0 Å². The number of fused-ring (bicyclic) bond motifs is 1. The number of carboxylic acid groups (broad SMARTS) is 1. The molecule has 0 aliphatic rings. The zero-order valence-electron chi connectivity index (χ0n) is 16.1. The van der Waals surface area contributed by atoms with Gasteiger partial charge in [0.25, 0.3) is 5.56 Å². The summed E-state index contributed by atoms with van der Waals surface area (Å²) in [6.45, 7) is 4.33. The molecule has 1 N–H and O–H groups in total. The fraction of sp³-hybridized carbons (Fsp3) is 0.227. The van der Waals surface area contributed by atoms with E-state index in [2.05, 4.69) is 0 Å². The van der Waals surface area contributed by atoms with Crippen molar-refractivity contribution < 1.29 is 9.90 Å². The Morgan fingerprint density at radius 2 is 2.03 bits per heavy atom. The summed E-state index contributed by atoms with van der Waals surface area (Å²) in [4.78, 5) is 32.3. The van der Waals surface area contributed by atoms with Crippen LogP contribution in [0.4, 0.5) is 0 Å². The standard InChI is InChI=1S/C22H20N2O3S2/c1-13-6-3-7-15(12-13)20-23-21-19(22(27)24(20)10-4-9-17(25)26)18(14(2)29-21)16-8-5-11-28-16/h3,5-8,11-12H,4,9-10H2,1-2H3,(H,25,26). The van der Waals surface area contributed by atoms with Crippen molar-refractivity contribution in [2.24, 2.45) is 0 Å². The molecule has 3 heterocycles. The monoisotopic (exact) mass is 424 g/mol. The number of rotatable bonds is 6. The minimum atomic E-state index is -0.866. The molecule has 0 bridgehead atoms. The van der Waals surface area contributed by atoms with Gasteiger partial charge in [0.2, 0.25) is 0 Å². The highest BCUT2D eigenvalue weighted by Gasteiger charge is 2.21. The van der Waals surface area contributed by atoms with Crippen LogP contribution in [0.25, 0.3) is 32.0 Å². The van der Waals surface area contributed by atoms with E-state index in [0.29, 0.717) is 24.2 Å². The average Bonchev–Trinajstić information content (AvgIpc) is 3.30. The fourth-order valence-electron chi connectivity index (χ4n) is 3.51. The number of thiophene rings is 2. The molecule has 1 aromatic carbocycles. The van der Waals surface area contributed by atoms with Gasteiger partial charge in [0, 0.05) is 33.8 Å². The zero-order chi connectivity index (χ0) is 20.5. The van der Waals surface area contributed by atoms with E-state index in [1.165, 1.54) is 11.3 Å². The third kappa shape index (κ3) is 3.75. The van der Waals surface area contributed by atoms with Gasteiger partial charge < -0.3 is 5.11 Å². The first-order chi connectivity index (χ1) is 14.0. The summed E-state index contributed by atoms with van der Waals surface area (Å²) in [7, 11) is 0. The number of aromatic nitrogens is 2. The maximum atomic E-state index is 13.6. The third-order valence-corrected chi connectivity index (χ3v) is 6.69. The lowest BCUT2D eigenvalue weighted by Crippen LogP contribution is -2.24. The van der Waals surface area contributed by atoms with Crippen LogP contribution < -0.4 is 5.56 Å². The van der Waals surface area contributed by atoms with Crippen molar-refractivity contribution >= 4 is 38.9 Å². The van der Waals surface area contributed by atoms with E-state index < -0.39 is 5.97 Å². The molecule has 0 unspecified atom stereocenters. The summed E-state index contributed by atoms with van der Waals surface area (Å²) in [5, 5.41) is 11.7. The number of nitrogens with zero attached hydrogens (tertiary/aromatic N) is 2. The largest absolute Gasteiger partial charge is 0.481 e. The SMILES string of the molecule is Cc1cccc(-c2nc3sc(C)c(-c4cccs4)c3c(=O)n2CCCC(=O)O)c1. The summed E-state index contributed by atoms with van der Waals surface area (Å²) < 4.78 is 1.64. The summed E-state index contributed by atoms with van der Waals surface area (Å²) in [5.41, 5.74) is 2.78. The van der Waals surface area contributed by atoms with Crippen LogP contribution in [0.15, 0.2) is 46.6 Å². The molecule has 0 aliphatic heterocycles. The molecule has 5 nitrogen and oxygen atoms in total. The number of carboxylic acids is 1. The van der Waals surface area contributed by atoms with Gasteiger partial charge in [-0.15, -0.1) is 22.7 Å². The molecule has 29 heavy (non-hydrogen) atoms. The number of aryl methyl sites for hydroxylation is 2. The number of carbonyl (C=O) groups is 1. The topological polar surface area (TPSA) is 72.2 Å². The summed E-state index contributed by atoms with van der Waals surface area (Å²) >= 11 is 3.13. The summed E-state index contributed by atoms with van der Waals surface area (Å²) in [6, 6.07) is 11.9. The second-order valence-electron chi connectivity index (χ2n) is 6.95. The number of aliphatic carboxylic acids is 1. The Morgan fingerprint density at radius 3 is 2.72 bits per heavy atom. The van der Waals surface area contributed by atoms with Crippen LogP contribution in [-0.4, -0.2) is 20.6 Å². The predicted molar refractivity (Wildman–Crippen MR) is 119 cm³/mol. The Kier molecular flexibility index (Phi) is 5.34. The van der Waals surface area contributed by atoms with Crippen molar-refractivity contribution in [3.05, 3.63) is 62.6 Å². The molecular weight excluding hydrogens is 404 g/mol. The Bertz CT molecular complexity index is 1250. The molecule has 4 aromatic rings. The van der Waals surface area contributed by atoms with E-state index in [9.17, 15) is 9.59 Å². The Morgan fingerprint density at radius 1 is 1.21 bits per heavy atom. The molecule has 0 amide bonds. The van der Waals surface area contributed by atoms with Gasteiger partial charge >= 0.3 is 5.97 Å². The van der Waals surface area contributed by atoms with Gasteiger partial charge in [0.05, 0.1) is 5.39 Å². The van der Waals surface area contributed by atoms with Gasteiger partial charge in [-0.2, -0.15) is 0 Å². The normalized spacial score (nSPS) is 11.2. The van der Waals surface area contributed by atoms with Crippen LogP contribution in [-0.2, 0) is 11.3 Å². The molecule has 0 radical (unpaired) electrons.